The molecule has 2 fully saturated rings. The Morgan fingerprint density at radius 2 is 1.75 bits per heavy atom. The molecule has 0 N–H and O–H groups in total. The maximum atomic E-state index is 13.5. The quantitative estimate of drug-likeness (QED) is 0.616. The monoisotopic (exact) mass is 476 g/mol. The number of ether oxygens (including phenoxy) is 1. The molecule has 1 amide bonds. The molecule has 0 aliphatic carbocycles. The van der Waals surface area contributed by atoms with E-state index in [1.807, 2.05) is 29.2 Å². The van der Waals surface area contributed by atoms with Crippen LogP contribution in [0.3, 0.4) is 0 Å². The molecule has 8 heteroatoms. The van der Waals surface area contributed by atoms with Crippen LogP contribution in [0.4, 0.5) is 0 Å². The van der Waals surface area contributed by atoms with Gasteiger partial charge in [0, 0.05) is 25.2 Å². The van der Waals surface area contributed by atoms with Crippen LogP contribution in [0.2, 0.25) is 5.02 Å². The number of benzene rings is 2. The molecule has 6 nitrogen and oxygen atoms in total. The average Bonchev–Trinajstić information content (AvgIpc) is 3.12. The van der Waals surface area contributed by atoms with Crippen molar-refractivity contribution in [1.29, 1.82) is 0 Å². The molecule has 2 aliphatic rings. The minimum Gasteiger partial charge on any atom is -0.497 e. The van der Waals surface area contributed by atoms with Crippen molar-refractivity contribution in [1.82, 2.24) is 9.21 Å². The fourth-order valence-electron chi connectivity index (χ4n) is 4.63. The normalized spacial score (nSPS) is 20.2. The number of amides is 1. The van der Waals surface area contributed by atoms with Gasteiger partial charge in [0.15, 0.2) is 0 Å². The van der Waals surface area contributed by atoms with Gasteiger partial charge in [-0.15, -0.1) is 0 Å². The first kappa shape index (κ1) is 23.1. The first-order valence-electron chi connectivity index (χ1n) is 11.2. The predicted molar refractivity (Wildman–Crippen MR) is 125 cm³/mol. The third-order valence-electron chi connectivity index (χ3n) is 6.35. The molecule has 2 aromatic carbocycles. The summed E-state index contributed by atoms with van der Waals surface area (Å²) in [6.07, 6.45) is 5.47. The van der Waals surface area contributed by atoms with E-state index in [0.29, 0.717) is 25.2 Å². The highest BCUT2D eigenvalue weighted by molar-refractivity contribution is 7.89. The van der Waals surface area contributed by atoms with Crippen molar-refractivity contribution in [3.8, 4) is 5.75 Å². The molecular weight excluding hydrogens is 448 g/mol. The molecule has 32 heavy (non-hydrogen) atoms. The second-order valence-corrected chi connectivity index (χ2v) is 10.7. The number of sulfonamides is 1. The van der Waals surface area contributed by atoms with Crippen molar-refractivity contribution in [2.45, 2.75) is 49.5 Å². The van der Waals surface area contributed by atoms with Gasteiger partial charge in [-0.1, -0.05) is 36.6 Å². The molecule has 0 bridgehead atoms. The smallest absolute Gasteiger partial charge is 0.254 e. The Labute approximate surface area is 195 Å². The van der Waals surface area contributed by atoms with Crippen LogP contribution in [-0.2, 0) is 10.0 Å². The molecule has 2 saturated heterocycles. The van der Waals surface area contributed by atoms with Gasteiger partial charge in [0.2, 0.25) is 10.0 Å². The first-order valence-corrected chi connectivity index (χ1v) is 13.0. The number of likely N-dealkylation sites (tertiary alicyclic amines) is 1. The Bertz CT molecular complexity index is 1080. The molecule has 2 heterocycles. The lowest BCUT2D eigenvalue weighted by molar-refractivity contribution is 0.0735. The van der Waals surface area contributed by atoms with Crippen LogP contribution in [0.5, 0.6) is 5.75 Å². The Morgan fingerprint density at radius 1 is 1.00 bits per heavy atom. The highest BCUT2D eigenvalue weighted by Gasteiger charge is 2.33. The molecule has 1 unspecified atom stereocenters. The van der Waals surface area contributed by atoms with Gasteiger partial charge in [-0.25, -0.2) is 8.42 Å². The second-order valence-electron chi connectivity index (χ2n) is 8.40. The van der Waals surface area contributed by atoms with Crippen molar-refractivity contribution in [3.05, 3.63) is 58.6 Å². The van der Waals surface area contributed by atoms with Gasteiger partial charge in [0.25, 0.3) is 5.91 Å². The fraction of sp³-hybridized carbons (Fsp3) is 0.458. The SMILES string of the molecule is COc1cccc(C2CCCN2C(=O)c2ccc(Cl)c(S(=O)(=O)N3CCCCCC3)c2)c1. The van der Waals surface area contributed by atoms with Crippen LogP contribution >= 0.6 is 11.6 Å². The van der Waals surface area contributed by atoms with Crippen molar-refractivity contribution >= 4 is 27.5 Å². The molecule has 0 spiro atoms. The van der Waals surface area contributed by atoms with E-state index in [9.17, 15) is 13.2 Å². The summed E-state index contributed by atoms with van der Waals surface area (Å²) >= 11 is 6.32. The Morgan fingerprint density at radius 3 is 2.47 bits per heavy atom. The van der Waals surface area contributed by atoms with Crippen LogP contribution in [0.1, 0.15) is 60.5 Å². The van der Waals surface area contributed by atoms with Crippen LogP contribution in [0.15, 0.2) is 47.4 Å². The predicted octanol–water partition coefficient (Wildman–Crippen LogP) is 4.89. The number of carbonyl (C=O) groups is 1. The van der Waals surface area contributed by atoms with E-state index < -0.39 is 10.0 Å². The van der Waals surface area contributed by atoms with Gasteiger partial charge in [-0.3, -0.25) is 4.79 Å². The topological polar surface area (TPSA) is 66.9 Å². The summed E-state index contributed by atoms with van der Waals surface area (Å²) in [6.45, 7) is 1.60. The van der Waals surface area contributed by atoms with Crippen LogP contribution < -0.4 is 4.74 Å². The van der Waals surface area contributed by atoms with Gasteiger partial charge in [-0.2, -0.15) is 4.31 Å². The zero-order chi connectivity index (χ0) is 22.7. The molecule has 0 radical (unpaired) electrons. The number of hydrogen-bond acceptors (Lipinski definition) is 4. The van der Waals surface area contributed by atoms with Gasteiger partial charge in [0.05, 0.1) is 18.2 Å². The van der Waals surface area contributed by atoms with E-state index in [2.05, 4.69) is 0 Å². The minimum absolute atomic E-state index is 0.0176. The zero-order valence-electron chi connectivity index (χ0n) is 18.3. The van der Waals surface area contributed by atoms with E-state index in [0.717, 1.165) is 49.8 Å². The molecule has 4 rings (SSSR count). The Balaban J connectivity index is 1.63. The standard InChI is InChI=1S/C24H29ClN2O4S/c1-31-20-9-6-8-18(16-20)22-10-7-15-27(22)24(28)19-11-12-21(25)23(17-19)32(29,30)26-13-4-2-3-5-14-26/h6,8-9,11-12,16-17,22H,2-5,7,10,13-15H2,1H3. The van der Waals surface area contributed by atoms with E-state index in [4.69, 9.17) is 16.3 Å². The van der Waals surface area contributed by atoms with E-state index in [1.54, 1.807) is 13.2 Å². The number of carbonyl (C=O) groups excluding carboxylic acids is 1. The number of nitrogens with zero attached hydrogens (tertiary/aromatic N) is 2. The third-order valence-corrected chi connectivity index (χ3v) is 8.73. The fourth-order valence-corrected chi connectivity index (χ4v) is 6.64. The molecule has 2 aromatic rings. The van der Waals surface area contributed by atoms with Crippen LogP contribution in [0.25, 0.3) is 0 Å². The Kier molecular flexibility index (Phi) is 7.08. The van der Waals surface area contributed by atoms with E-state index in [1.165, 1.54) is 16.4 Å². The van der Waals surface area contributed by atoms with Crippen LogP contribution in [0, 0.1) is 0 Å². The molecule has 172 valence electrons. The average molecular weight is 477 g/mol. The summed E-state index contributed by atoms with van der Waals surface area (Å²) in [5.74, 6) is 0.568. The molecule has 2 aliphatic heterocycles. The lowest BCUT2D eigenvalue weighted by atomic mass is 10.0. The maximum Gasteiger partial charge on any atom is 0.254 e. The lowest BCUT2D eigenvalue weighted by Crippen LogP contribution is -2.33. The largest absolute Gasteiger partial charge is 0.497 e. The summed E-state index contributed by atoms with van der Waals surface area (Å²) < 4.78 is 33.5. The summed E-state index contributed by atoms with van der Waals surface area (Å²) in [4.78, 5) is 15.3. The van der Waals surface area contributed by atoms with Gasteiger partial charge in [-0.05, 0) is 61.6 Å². The number of rotatable bonds is 5. The van der Waals surface area contributed by atoms with E-state index >= 15 is 0 Å². The summed E-state index contributed by atoms with van der Waals surface area (Å²) in [5.41, 5.74) is 1.36. The highest BCUT2D eigenvalue weighted by Crippen LogP contribution is 2.35. The molecular formula is C24H29ClN2O4S. The second kappa shape index (κ2) is 9.81. The van der Waals surface area contributed by atoms with Crippen molar-refractivity contribution in [2.24, 2.45) is 0 Å². The van der Waals surface area contributed by atoms with Crippen molar-refractivity contribution in [2.75, 3.05) is 26.7 Å². The number of hydrogen-bond donors (Lipinski definition) is 0. The first-order chi connectivity index (χ1) is 15.4. The zero-order valence-corrected chi connectivity index (χ0v) is 19.9. The van der Waals surface area contributed by atoms with E-state index in [-0.39, 0.29) is 21.9 Å². The maximum absolute atomic E-state index is 13.5. The summed E-state index contributed by atoms with van der Waals surface area (Å²) in [6, 6.07) is 12.3. The van der Waals surface area contributed by atoms with Crippen molar-refractivity contribution < 1.29 is 17.9 Å². The molecule has 1 atom stereocenters. The van der Waals surface area contributed by atoms with Crippen LogP contribution in [-0.4, -0.2) is 50.3 Å². The summed E-state index contributed by atoms with van der Waals surface area (Å²) in [5, 5.41) is 0.150. The number of halogens is 1. The van der Waals surface area contributed by atoms with Gasteiger partial charge < -0.3 is 9.64 Å². The van der Waals surface area contributed by atoms with Crippen molar-refractivity contribution in [3.63, 3.8) is 0 Å². The highest BCUT2D eigenvalue weighted by atomic mass is 35.5. The summed E-state index contributed by atoms with van der Waals surface area (Å²) in [7, 11) is -2.13. The third kappa shape index (κ3) is 4.65. The number of methoxy groups -OCH3 is 1. The van der Waals surface area contributed by atoms with Gasteiger partial charge >= 0.3 is 0 Å². The molecule has 0 saturated carbocycles. The van der Waals surface area contributed by atoms with Gasteiger partial charge in [0.1, 0.15) is 10.6 Å². The minimum atomic E-state index is -3.76. The lowest BCUT2D eigenvalue weighted by Gasteiger charge is -2.26. The molecule has 0 aromatic heterocycles. The Hall–Kier alpha value is -2.09.